The van der Waals surface area contributed by atoms with E-state index in [-0.39, 0.29) is 48.8 Å². The Balaban J connectivity index is 2.62. The molecule has 0 radical (unpaired) electrons. The Bertz CT molecular complexity index is 1510. The Morgan fingerprint density at radius 1 is 0.924 bits per heavy atom. The molecule has 384 valence electrons. The smallest absolute Gasteiger partial charge is 0.410 e. The van der Waals surface area contributed by atoms with Crippen molar-refractivity contribution >= 4 is 37.0 Å². The molecule has 0 aromatic heterocycles. The number of epoxide rings is 1. The van der Waals surface area contributed by atoms with Crippen LogP contribution in [0.2, 0.25) is 54.4 Å². The normalized spacial score (nSPS) is 27.3. The first-order chi connectivity index (χ1) is 31.2. The van der Waals surface area contributed by atoms with Crippen LogP contribution in [0.1, 0.15) is 156 Å². The van der Waals surface area contributed by atoms with Gasteiger partial charge in [0.25, 0.3) is 0 Å². The number of rotatable bonds is 28. The summed E-state index contributed by atoms with van der Waals surface area (Å²) in [6, 6.07) is 9.47. The molecule has 66 heavy (non-hydrogen) atoms. The van der Waals surface area contributed by atoms with E-state index in [1.165, 1.54) is 0 Å². The highest BCUT2D eigenvalue weighted by Crippen LogP contribution is 2.43. The maximum atomic E-state index is 14.1. The fourth-order valence-electron chi connectivity index (χ4n) is 10.2. The Kier molecular flexibility index (Phi) is 26.0. The van der Waals surface area contributed by atoms with Crippen LogP contribution in [-0.4, -0.2) is 110 Å². The number of ether oxygens (including phenoxy) is 4. The predicted octanol–water partition coefficient (Wildman–Crippen LogP) is 14.2. The van der Waals surface area contributed by atoms with Crippen LogP contribution < -0.4 is 0 Å². The zero-order valence-corrected chi connectivity index (χ0v) is 48.6. The summed E-state index contributed by atoms with van der Waals surface area (Å²) in [5, 5.41) is 0. The third-order valence-electron chi connectivity index (χ3n) is 16.2. The first-order valence-electron chi connectivity index (χ1n) is 26.6. The van der Waals surface area contributed by atoms with E-state index < -0.39 is 48.4 Å². The fraction of sp³-hybridized carbons (Fsp3) is 0.849. The molecular weight excluding hydrogens is 879 g/mol. The molecule has 0 N–H and O–H groups in total. The van der Waals surface area contributed by atoms with Gasteiger partial charge in [-0.1, -0.05) is 121 Å². The summed E-state index contributed by atoms with van der Waals surface area (Å²) in [5.74, 6) is -0.228. The van der Waals surface area contributed by atoms with Gasteiger partial charge in [0.2, 0.25) is 0 Å². The average Bonchev–Trinajstić information content (AvgIpc) is 4.09. The molecule has 0 unspecified atom stereocenters. The lowest BCUT2D eigenvalue weighted by Gasteiger charge is -2.39. The first-order valence-corrected chi connectivity index (χ1v) is 34.2. The van der Waals surface area contributed by atoms with Crippen molar-refractivity contribution in [3.63, 3.8) is 0 Å². The van der Waals surface area contributed by atoms with Gasteiger partial charge < -0.3 is 37.1 Å². The van der Waals surface area contributed by atoms with E-state index in [9.17, 15) is 9.59 Å². The number of hydrogen-bond acceptors (Lipinski definition) is 9. The number of amides is 1. The fourth-order valence-corrected chi connectivity index (χ4v) is 19.2. The highest BCUT2D eigenvalue weighted by molar-refractivity contribution is 6.74. The summed E-state index contributed by atoms with van der Waals surface area (Å²) >= 11 is 0. The minimum absolute atomic E-state index is 0.0874. The molecule has 1 saturated heterocycles. The van der Waals surface area contributed by atoms with E-state index >= 15 is 0 Å². The maximum absolute atomic E-state index is 14.1. The topological polar surface area (TPSA) is 105 Å². The minimum Gasteiger partial charge on any atom is -0.457 e. The van der Waals surface area contributed by atoms with E-state index in [0.29, 0.717) is 25.3 Å². The third kappa shape index (κ3) is 17.1. The van der Waals surface area contributed by atoms with Gasteiger partial charge in [0.1, 0.15) is 11.7 Å². The van der Waals surface area contributed by atoms with Gasteiger partial charge in [-0.25, -0.2) is 4.79 Å². The Labute approximate surface area is 408 Å². The van der Waals surface area contributed by atoms with Gasteiger partial charge in [0, 0.05) is 45.1 Å². The van der Waals surface area contributed by atoms with Crippen molar-refractivity contribution in [2.75, 3.05) is 20.7 Å². The number of hydrogen-bond donors (Lipinski definition) is 0. The van der Waals surface area contributed by atoms with Gasteiger partial charge in [-0.3, -0.25) is 4.79 Å². The second-order valence-corrected chi connectivity index (χ2v) is 34.6. The van der Waals surface area contributed by atoms with Crippen LogP contribution in [-0.2, 0) is 37.0 Å². The van der Waals surface area contributed by atoms with Crippen molar-refractivity contribution in [1.29, 1.82) is 0 Å². The molecule has 0 aliphatic carbocycles. The van der Waals surface area contributed by atoms with Gasteiger partial charge in [0.15, 0.2) is 31.1 Å². The lowest BCUT2D eigenvalue weighted by atomic mass is 9.88. The molecule has 2 aliphatic heterocycles. The highest BCUT2D eigenvalue weighted by atomic mass is 28.4. The molecule has 2 aliphatic rings. The number of carbonyl (C=O) groups is 2. The minimum atomic E-state index is -2.10. The third-order valence-corrected chi connectivity index (χ3v) is 30.3. The Morgan fingerprint density at radius 2 is 1.50 bits per heavy atom. The monoisotopic (exact) mass is 980 g/mol. The molecule has 0 spiro atoms. The van der Waals surface area contributed by atoms with E-state index in [4.69, 9.17) is 32.2 Å². The number of allylic oxidation sites excluding steroid dienone is 2. The SMILES string of the molecule is CCCCN(C)C(=O)O[C@H]1/C=C/[C@H](C)[C@@H](/C(C)=C/C=C/[C@@](C)(C[C@H]2O[C@@H]2[C@H](C)[C@H](CC)O[Si](CC)(CC)CC)O[Si](CC)(CC)CC)OC(=O)C[C@H](O[Si](CC)(CC)CC)CC[C@@]1(C)OC. The van der Waals surface area contributed by atoms with E-state index in [1.807, 2.05) is 26.0 Å². The van der Waals surface area contributed by atoms with Crippen molar-refractivity contribution in [1.82, 2.24) is 4.90 Å². The summed E-state index contributed by atoms with van der Waals surface area (Å²) < 4.78 is 47.1. The standard InChI is InChI=1S/C53H101NO9Si3/c1-19-30-38-54(17)51(56)59-47-34-33-42(13)49(60-48(55)39-44(35-37-53(47,16)57-18)61-64(21-3,22-4)23-5)41(12)32-31-36-52(15,63-66(27-9,28-10)29-11)40-46-50(58-46)43(14)45(20-2)62-65(24-6,25-7)26-8/h31-34,36,42-47,49-50H,19-30,35,37-40H2,1-18H3/b34-33+,36-31+,41-32+/t42-,43+,44+,45-,46+,47-,49+,50+,52-,53+/m0/s1. The van der Waals surface area contributed by atoms with Crippen LogP contribution in [0.4, 0.5) is 4.79 Å². The molecular formula is C53H101NO9Si3. The zero-order valence-electron chi connectivity index (χ0n) is 45.6. The zero-order chi connectivity index (χ0) is 49.9. The maximum Gasteiger partial charge on any atom is 0.410 e. The van der Waals surface area contributed by atoms with Crippen molar-refractivity contribution in [3.8, 4) is 0 Å². The van der Waals surface area contributed by atoms with Crippen LogP contribution in [0.15, 0.2) is 36.0 Å². The van der Waals surface area contributed by atoms with Crippen molar-refractivity contribution < 1.29 is 41.8 Å². The number of esters is 1. The van der Waals surface area contributed by atoms with Gasteiger partial charge in [0.05, 0.1) is 30.3 Å². The molecule has 13 heteroatoms. The van der Waals surface area contributed by atoms with Gasteiger partial charge >= 0.3 is 12.1 Å². The summed E-state index contributed by atoms with van der Waals surface area (Å²) in [4.78, 5) is 29.3. The van der Waals surface area contributed by atoms with E-state index in [0.717, 1.165) is 85.7 Å². The molecule has 0 bridgehead atoms. The summed E-state index contributed by atoms with van der Waals surface area (Å²) in [6.07, 6.45) is 13.6. The predicted molar refractivity (Wildman–Crippen MR) is 282 cm³/mol. The Morgan fingerprint density at radius 3 is 2.02 bits per heavy atom. The lowest BCUT2D eigenvalue weighted by molar-refractivity contribution is -0.151. The molecule has 2 rings (SSSR count). The van der Waals surface area contributed by atoms with Crippen molar-refractivity contribution in [2.24, 2.45) is 11.8 Å². The molecule has 0 aromatic rings. The second-order valence-electron chi connectivity index (χ2n) is 20.4. The van der Waals surface area contributed by atoms with Crippen molar-refractivity contribution in [2.45, 2.75) is 258 Å². The molecule has 1 fully saturated rings. The number of methoxy groups -OCH3 is 1. The number of nitrogens with zero attached hydrogens (tertiary/aromatic N) is 1. The summed E-state index contributed by atoms with van der Waals surface area (Å²) in [7, 11) is -2.46. The Hall–Kier alpha value is -1.59. The summed E-state index contributed by atoms with van der Waals surface area (Å²) in [5.41, 5.74) is -0.508. The lowest BCUT2D eigenvalue weighted by Crippen LogP contribution is -2.47. The van der Waals surface area contributed by atoms with Gasteiger partial charge in [-0.2, -0.15) is 0 Å². The molecule has 1 amide bonds. The van der Waals surface area contributed by atoms with Gasteiger partial charge in [-0.15, -0.1) is 0 Å². The van der Waals surface area contributed by atoms with Crippen LogP contribution >= 0.6 is 0 Å². The number of unbranched alkanes of at least 4 members (excludes halogenated alkanes) is 1. The van der Waals surface area contributed by atoms with E-state index in [1.54, 1.807) is 19.1 Å². The molecule has 10 atom stereocenters. The van der Waals surface area contributed by atoms with Crippen LogP contribution in [0.3, 0.4) is 0 Å². The number of carbonyl (C=O) groups excluding carboxylic acids is 2. The first kappa shape index (κ1) is 60.5. The molecule has 10 nitrogen and oxygen atoms in total. The molecule has 2 heterocycles. The average molecular weight is 981 g/mol. The van der Waals surface area contributed by atoms with Crippen LogP contribution in [0.25, 0.3) is 0 Å². The molecule has 0 saturated carbocycles. The second kappa shape index (κ2) is 28.3. The van der Waals surface area contributed by atoms with Crippen LogP contribution in [0, 0.1) is 11.8 Å². The largest absolute Gasteiger partial charge is 0.457 e. The van der Waals surface area contributed by atoms with Crippen LogP contribution in [0.5, 0.6) is 0 Å². The molecule has 0 aromatic carbocycles. The van der Waals surface area contributed by atoms with Crippen molar-refractivity contribution in [3.05, 3.63) is 36.0 Å². The highest BCUT2D eigenvalue weighted by Gasteiger charge is 2.51. The quantitative estimate of drug-likeness (QED) is 0.0249. The van der Waals surface area contributed by atoms with Gasteiger partial charge in [-0.05, 0) is 113 Å². The number of cyclic esters (lactones) is 1. The summed E-state index contributed by atoms with van der Waals surface area (Å²) in [6.45, 7) is 36.0. The van der Waals surface area contributed by atoms with E-state index in [2.05, 4.69) is 115 Å².